The molecule has 3 amide bonds. The summed E-state index contributed by atoms with van der Waals surface area (Å²) < 4.78 is 4.83. The van der Waals surface area contributed by atoms with Crippen molar-refractivity contribution in [1.82, 2.24) is 5.32 Å². The van der Waals surface area contributed by atoms with Crippen LogP contribution >= 0.6 is 11.3 Å². The van der Waals surface area contributed by atoms with Gasteiger partial charge in [0.25, 0.3) is 5.91 Å². The molecule has 6 nitrogen and oxygen atoms in total. The van der Waals surface area contributed by atoms with Gasteiger partial charge >= 0.3 is 12.0 Å². The molecule has 0 fully saturated rings. The molecule has 0 aliphatic heterocycles. The number of hydrogen-bond acceptors (Lipinski definition) is 5. The summed E-state index contributed by atoms with van der Waals surface area (Å²) in [6, 6.07) is 9.96. The van der Waals surface area contributed by atoms with Gasteiger partial charge in [-0.2, -0.15) is 11.3 Å². The van der Waals surface area contributed by atoms with Gasteiger partial charge in [0, 0.05) is 12.1 Å². The maximum Gasteiger partial charge on any atom is 0.325 e. The monoisotopic (exact) mass is 332 g/mol. The molecule has 2 rings (SSSR count). The molecule has 2 aromatic rings. The molecule has 0 atom stereocenters. The number of aryl methyl sites for hydroxylation is 1. The van der Waals surface area contributed by atoms with Crippen LogP contribution in [0, 0.1) is 0 Å². The third-order valence-electron chi connectivity index (χ3n) is 2.85. The number of thiophene rings is 1. The lowest BCUT2D eigenvalue weighted by molar-refractivity contribution is -0.148. The quantitative estimate of drug-likeness (QED) is 0.796. The second-order valence-electron chi connectivity index (χ2n) is 4.66. The van der Waals surface area contributed by atoms with Crippen LogP contribution < -0.4 is 10.6 Å². The third-order valence-corrected chi connectivity index (χ3v) is 3.58. The zero-order chi connectivity index (χ0) is 16.5. The highest BCUT2D eigenvalue weighted by Gasteiger charge is 2.11. The van der Waals surface area contributed by atoms with Crippen LogP contribution in [0.4, 0.5) is 10.5 Å². The van der Waals surface area contributed by atoms with Crippen molar-refractivity contribution in [1.29, 1.82) is 0 Å². The van der Waals surface area contributed by atoms with Crippen LogP contribution in [0.3, 0.4) is 0 Å². The van der Waals surface area contributed by atoms with Gasteiger partial charge in [-0.05, 0) is 40.9 Å². The molecule has 0 bridgehead atoms. The summed E-state index contributed by atoms with van der Waals surface area (Å²) in [6.45, 7) is -0.481. The van der Waals surface area contributed by atoms with Gasteiger partial charge in [0.1, 0.15) is 0 Å². The first-order chi connectivity index (χ1) is 11.1. The molecule has 0 aliphatic carbocycles. The zero-order valence-corrected chi connectivity index (χ0v) is 13.1. The normalized spacial score (nSPS) is 9.91. The van der Waals surface area contributed by atoms with E-state index in [-0.39, 0.29) is 6.42 Å². The van der Waals surface area contributed by atoms with Crippen molar-refractivity contribution in [3.8, 4) is 0 Å². The highest BCUT2D eigenvalue weighted by molar-refractivity contribution is 7.07. The molecule has 120 valence electrons. The predicted octanol–water partition coefficient (Wildman–Crippen LogP) is 2.57. The largest absolute Gasteiger partial charge is 0.456 e. The predicted molar refractivity (Wildman–Crippen MR) is 87.2 cm³/mol. The van der Waals surface area contributed by atoms with Gasteiger partial charge in [-0.1, -0.05) is 18.2 Å². The molecule has 0 spiro atoms. The fraction of sp³-hybridized carbons (Fsp3) is 0.188. The Labute approximate surface area is 137 Å². The Kier molecular flexibility index (Phi) is 6.31. The fourth-order valence-electron chi connectivity index (χ4n) is 1.75. The molecule has 0 saturated carbocycles. The number of amides is 3. The number of benzene rings is 1. The minimum atomic E-state index is -0.678. The van der Waals surface area contributed by atoms with Crippen LogP contribution in [-0.4, -0.2) is 24.5 Å². The maximum atomic E-state index is 11.6. The van der Waals surface area contributed by atoms with Gasteiger partial charge in [0.05, 0.1) is 0 Å². The van der Waals surface area contributed by atoms with Gasteiger partial charge in [-0.25, -0.2) is 4.79 Å². The molecule has 0 aliphatic rings. The lowest BCUT2D eigenvalue weighted by atomic mass is 10.2. The Bertz CT molecular complexity index is 656. The topological polar surface area (TPSA) is 84.5 Å². The van der Waals surface area contributed by atoms with Crippen LogP contribution in [0.25, 0.3) is 0 Å². The second-order valence-corrected chi connectivity index (χ2v) is 5.44. The summed E-state index contributed by atoms with van der Waals surface area (Å²) in [4.78, 5) is 34.6. The molecular formula is C16H16N2O4S. The number of esters is 1. The highest BCUT2D eigenvalue weighted by Crippen LogP contribution is 2.08. The third kappa shape index (κ3) is 6.31. The van der Waals surface area contributed by atoms with Crippen LogP contribution in [-0.2, 0) is 20.7 Å². The van der Waals surface area contributed by atoms with E-state index in [0.29, 0.717) is 12.1 Å². The lowest BCUT2D eigenvalue weighted by Crippen LogP contribution is -2.37. The van der Waals surface area contributed by atoms with Crippen LogP contribution in [0.5, 0.6) is 0 Å². The van der Waals surface area contributed by atoms with Gasteiger partial charge in [0.2, 0.25) is 0 Å². The molecule has 7 heteroatoms. The summed E-state index contributed by atoms with van der Waals surface area (Å²) in [5.41, 5.74) is 1.61. The minimum absolute atomic E-state index is 0.195. The highest BCUT2D eigenvalue weighted by atomic mass is 32.1. The standard InChI is InChI=1S/C16H16N2O4S/c19-14(18-16(21)17-13-4-2-1-3-5-13)10-22-15(20)7-6-12-8-9-23-11-12/h1-5,8-9,11H,6-7,10H2,(H2,17,18,19,21). The lowest BCUT2D eigenvalue weighted by Gasteiger charge is -2.07. The minimum Gasteiger partial charge on any atom is -0.456 e. The number of hydrogen-bond donors (Lipinski definition) is 2. The van der Waals surface area contributed by atoms with Crippen molar-refractivity contribution in [3.63, 3.8) is 0 Å². The number of urea groups is 1. The summed E-state index contributed by atoms with van der Waals surface area (Å²) in [5.74, 6) is -1.16. The van der Waals surface area contributed by atoms with E-state index in [1.54, 1.807) is 35.6 Å². The first-order valence-electron chi connectivity index (χ1n) is 6.96. The molecule has 2 N–H and O–H groups in total. The average molecular weight is 332 g/mol. The number of anilines is 1. The second kappa shape index (κ2) is 8.70. The number of carbonyl (C=O) groups excluding carboxylic acids is 3. The summed E-state index contributed by atoms with van der Waals surface area (Å²) in [6.07, 6.45) is 0.763. The van der Waals surface area contributed by atoms with E-state index in [4.69, 9.17) is 4.74 Å². The van der Waals surface area contributed by atoms with Crippen molar-refractivity contribution in [2.45, 2.75) is 12.8 Å². The molecular weight excluding hydrogens is 316 g/mol. The number of ether oxygens (including phenoxy) is 1. The van der Waals surface area contributed by atoms with Gasteiger partial charge < -0.3 is 10.1 Å². The Balaban J connectivity index is 1.64. The van der Waals surface area contributed by atoms with E-state index >= 15 is 0 Å². The van der Waals surface area contributed by atoms with Gasteiger partial charge in [0.15, 0.2) is 6.61 Å². The number of nitrogens with one attached hydrogen (secondary N) is 2. The van der Waals surface area contributed by atoms with Crippen LogP contribution in [0.1, 0.15) is 12.0 Å². The van der Waals surface area contributed by atoms with Crippen molar-refractivity contribution < 1.29 is 19.1 Å². The SMILES string of the molecule is O=C(COC(=O)CCc1ccsc1)NC(=O)Nc1ccccc1. The van der Waals surface area contributed by atoms with Gasteiger partial charge in [-0.3, -0.25) is 14.9 Å². The Morgan fingerprint density at radius 1 is 1.09 bits per heavy atom. The van der Waals surface area contributed by atoms with Crippen molar-refractivity contribution in [2.24, 2.45) is 0 Å². The first-order valence-corrected chi connectivity index (χ1v) is 7.90. The van der Waals surface area contributed by atoms with Crippen LogP contribution in [0.2, 0.25) is 0 Å². The number of imide groups is 1. The van der Waals surface area contributed by atoms with E-state index in [1.807, 2.05) is 22.9 Å². The molecule has 0 radical (unpaired) electrons. The molecule has 0 unspecified atom stereocenters. The van der Waals surface area contributed by atoms with E-state index < -0.39 is 24.5 Å². The van der Waals surface area contributed by atoms with Gasteiger partial charge in [-0.15, -0.1) is 0 Å². The Hall–Kier alpha value is -2.67. The van der Waals surface area contributed by atoms with Crippen molar-refractivity contribution in [3.05, 3.63) is 52.7 Å². The molecule has 1 aromatic carbocycles. The number of rotatable bonds is 6. The molecule has 1 heterocycles. The van der Waals surface area contributed by atoms with E-state index in [9.17, 15) is 14.4 Å². The molecule has 23 heavy (non-hydrogen) atoms. The summed E-state index contributed by atoms with van der Waals surface area (Å²) >= 11 is 1.56. The van der Waals surface area contributed by atoms with Crippen LogP contribution in [0.15, 0.2) is 47.2 Å². The maximum absolute atomic E-state index is 11.6. The summed E-state index contributed by atoms with van der Waals surface area (Å²) in [5, 5.41) is 8.47. The van der Waals surface area contributed by atoms with Crippen molar-refractivity contribution in [2.75, 3.05) is 11.9 Å². The summed E-state index contributed by atoms with van der Waals surface area (Å²) in [7, 11) is 0. The zero-order valence-electron chi connectivity index (χ0n) is 12.3. The molecule has 1 aromatic heterocycles. The fourth-order valence-corrected chi connectivity index (χ4v) is 2.45. The molecule has 0 saturated heterocycles. The Morgan fingerprint density at radius 3 is 2.57 bits per heavy atom. The smallest absolute Gasteiger partial charge is 0.325 e. The first kappa shape index (κ1) is 16.7. The average Bonchev–Trinajstić information content (AvgIpc) is 3.05. The Morgan fingerprint density at radius 2 is 1.87 bits per heavy atom. The van der Waals surface area contributed by atoms with E-state index in [2.05, 4.69) is 10.6 Å². The number of carbonyl (C=O) groups is 3. The number of para-hydroxylation sites is 1. The van der Waals surface area contributed by atoms with E-state index in [0.717, 1.165) is 5.56 Å². The van der Waals surface area contributed by atoms with E-state index in [1.165, 1.54) is 0 Å². The van der Waals surface area contributed by atoms with Crippen molar-refractivity contribution >= 4 is 34.9 Å².